The zero-order valence-corrected chi connectivity index (χ0v) is 26.8. The number of carbonyl (C=O) groups excluding carboxylic acids is 3. The Bertz CT molecular complexity index is 1900. The van der Waals surface area contributed by atoms with Crippen LogP contribution in [0.3, 0.4) is 0 Å². The Morgan fingerprint density at radius 2 is 1.42 bits per heavy atom. The molecule has 1 fully saturated rings. The maximum absolute atomic E-state index is 13.2. The molecule has 1 saturated heterocycles. The minimum atomic E-state index is -0.368. The fraction of sp³-hybridized carbons (Fsp3) is 0.281. The highest BCUT2D eigenvalue weighted by atomic mass is 35.5. The van der Waals surface area contributed by atoms with E-state index in [1.165, 1.54) is 0 Å². The number of hydrogen-bond donors (Lipinski definition) is 3. The predicted octanol–water partition coefficient (Wildman–Crippen LogP) is 4.80. The number of amides is 3. The summed E-state index contributed by atoms with van der Waals surface area (Å²) in [4.78, 5) is 42.5. The quantitative estimate of drug-likeness (QED) is 0.213. The van der Waals surface area contributed by atoms with Crippen molar-refractivity contribution in [1.29, 1.82) is 0 Å². The topological polar surface area (TPSA) is 115 Å². The lowest BCUT2D eigenvalue weighted by atomic mass is 10.2. The second-order valence-electron chi connectivity index (χ2n) is 11.1. The molecule has 0 atom stereocenters. The lowest BCUT2D eigenvalue weighted by Crippen LogP contribution is -2.41. The standard InChI is InChI=1S/C32H34ClN7O4S/c1-37-17-21(28-14-20-5-4-6-24(33)29(20)45-28)13-25(37)31(42)35-23-16-27(39(3)19-23)32(43)36-22-15-26(38(2)18-22)30(41)34-7-8-40-9-11-44-12-10-40/h4-6,13-19H,7-12H2,1-3H3,(H,34,41)(H,35,42)(H,36,43). The molecule has 0 aliphatic carbocycles. The van der Waals surface area contributed by atoms with Crippen molar-refractivity contribution in [3.8, 4) is 10.4 Å². The normalized spacial score (nSPS) is 13.7. The van der Waals surface area contributed by atoms with E-state index in [0.29, 0.717) is 53.2 Å². The lowest BCUT2D eigenvalue weighted by Gasteiger charge is -2.26. The van der Waals surface area contributed by atoms with Crippen LogP contribution in [0.1, 0.15) is 31.5 Å². The molecule has 1 aromatic carbocycles. The molecule has 0 saturated carbocycles. The number of rotatable bonds is 9. The minimum absolute atomic E-state index is 0.213. The molecule has 5 heterocycles. The van der Waals surface area contributed by atoms with Crippen LogP contribution in [0.2, 0.25) is 5.02 Å². The van der Waals surface area contributed by atoms with Crippen molar-refractivity contribution in [1.82, 2.24) is 23.9 Å². The highest BCUT2D eigenvalue weighted by Gasteiger charge is 2.20. The summed E-state index contributed by atoms with van der Waals surface area (Å²) in [5, 5.41) is 10.5. The van der Waals surface area contributed by atoms with Crippen molar-refractivity contribution >= 4 is 62.1 Å². The molecule has 4 aromatic heterocycles. The van der Waals surface area contributed by atoms with Gasteiger partial charge in [0.05, 0.1) is 34.3 Å². The Labute approximate surface area is 269 Å². The summed E-state index contributed by atoms with van der Waals surface area (Å²) in [7, 11) is 5.31. The monoisotopic (exact) mass is 647 g/mol. The second kappa shape index (κ2) is 12.9. The molecule has 234 valence electrons. The Balaban J connectivity index is 1.08. The number of benzene rings is 1. The van der Waals surface area contributed by atoms with Crippen molar-refractivity contribution < 1.29 is 19.1 Å². The highest BCUT2D eigenvalue weighted by Crippen LogP contribution is 2.37. The van der Waals surface area contributed by atoms with Gasteiger partial charge in [0, 0.05) is 76.4 Å². The van der Waals surface area contributed by atoms with Gasteiger partial charge in [0.2, 0.25) is 0 Å². The van der Waals surface area contributed by atoms with Gasteiger partial charge in [0.15, 0.2) is 0 Å². The number of halogens is 1. The van der Waals surface area contributed by atoms with Gasteiger partial charge in [-0.05, 0) is 35.7 Å². The third kappa shape index (κ3) is 6.69. The Hall–Kier alpha value is -4.36. The fourth-order valence-corrected chi connectivity index (χ4v) is 6.79. The number of nitrogens with one attached hydrogen (secondary N) is 3. The highest BCUT2D eigenvalue weighted by molar-refractivity contribution is 7.22. The van der Waals surface area contributed by atoms with E-state index in [9.17, 15) is 14.4 Å². The molecule has 1 aliphatic rings. The van der Waals surface area contributed by atoms with Crippen molar-refractivity contribution in [2.75, 3.05) is 50.0 Å². The van der Waals surface area contributed by atoms with Gasteiger partial charge in [0.1, 0.15) is 17.1 Å². The smallest absolute Gasteiger partial charge is 0.272 e. The van der Waals surface area contributed by atoms with Gasteiger partial charge in [-0.15, -0.1) is 11.3 Å². The molecule has 6 rings (SSSR count). The van der Waals surface area contributed by atoms with Crippen molar-refractivity contribution in [3.63, 3.8) is 0 Å². The first-order valence-electron chi connectivity index (χ1n) is 14.5. The first-order chi connectivity index (χ1) is 21.7. The average Bonchev–Trinajstić information content (AvgIpc) is 3.79. The van der Waals surface area contributed by atoms with Crippen LogP contribution >= 0.6 is 22.9 Å². The molecular weight excluding hydrogens is 614 g/mol. The number of morpholine rings is 1. The summed E-state index contributed by atoms with van der Waals surface area (Å²) < 4.78 is 11.5. The molecule has 3 amide bonds. The van der Waals surface area contributed by atoms with E-state index in [1.54, 1.807) is 63.7 Å². The largest absolute Gasteiger partial charge is 0.379 e. The summed E-state index contributed by atoms with van der Waals surface area (Å²) in [5.74, 6) is -0.879. The van der Waals surface area contributed by atoms with E-state index in [1.807, 2.05) is 37.5 Å². The number of aryl methyl sites for hydroxylation is 3. The van der Waals surface area contributed by atoms with Crippen LogP contribution in [0.4, 0.5) is 11.4 Å². The van der Waals surface area contributed by atoms with Crippen molar-refractivity contribution in [2.24, 2.45) is 21.1 Å². The van der Waals surface area contributed by atoms with E-state index in [-0.39, 0.29) is 17.7 Å². The number of carbonyl (C=O) groups is 3. The zero-order chi connectivity index (χ0) is 31.7. The van der Waals surface area contributed by atoms with Crippen LogP contribution in [0, 0.1) is 0 Å². The second-order valence-corrected chi connectivity index (χ2v) is 12.5. The van der Waals surface area contributed by atoms with Crippen LogP contribution in [0.15, 0.2) is 61.1 Å². The van der Waals surface area contributed by atoms with E-state index < -0.39 is 0 Å². The third-order valence-corrected chi connectivity index (χ3v) is 9.49. The molecule has 45 heavy (non-hydrogen) atoms. The summed E-state index contributed by atoms with van der Waals surface area (Å²) in [6.45, 7) is 4.41. The minimum Gasteiger partial charge on any atom is -0.379 e. The molecule has 13 heteroatoms. The number of thiophene rings is 1. The Morgan fingerprint density at radius 3 is 2.07 bits per heavy atom. The van der Waals surface area contributed by atoms with Gasteiger partial charge in [0.25, 0.3) is 17.7 Å². The average molecular weight is 648 g/mol. The van der Waals surface area contributed by atoms with Crippen molar-refractivity contribution in [2.45, 2.75) is 0 Å². The van der Waals surface area contributed by atoms with E-state index in [4.69, 9.17) is 16.3 Å². The Morgan fingerprint density at radius 1 is 0.822 bits per heavy atom. The van der Waals surface area contributed by atoms with Gasteiger partial charge >= 0.3 is 0 Å². The van der Waals surface area contributed by atoms with E-state index in [2.05, 4.69) is 26.9 Å². The number of hydrogen-bond acceptors (Lipinski definition) is 6. The van der Waals surface area contributed by atoms with Crippen molar-refractivity contribution in [3.05, 3.63) is 83.2 Å². The number of fused-ring (bicyclic) bond motifs is 1. The molecule has 5 aromatic rings. The van der Waals surface area contributed by atoms with E-state index >= 15 is 0 Å². The van der Waals surface area contributed by atoms with Gasteiger partial charge in [-0.2, -0.15) is 0 Å². The predicted molar refractivity (Wildman–Crippen MR) is 178 cm³/mol. The molecule has 1 aliphatic heterocycles. The van der Waals surface area contributed by atoms with Crippen LogP contribution in [0.25, 0.3) is 20.5 Å². The first-order valence-corrected chi connectivity index (χ1v) is 15.7. The van der Waals surface area contributed by atoms with Gasteiger partial charge in [-0.1, -0.05) is 23.7 Å². The van der Waals surface area contributed by atoms with Crippen LogP contribution in [-0.2, 0) is 25.9 Å². The molecule has 0 spiro atoms. The molecule has 0 bridgehead atoms. The van der Waals surface area contributed by atoms with E-state index in [0.717, 1.165) is 40.2 Å². The summed E-state index contributed by atoms with van der Waals surface area (Å²) >= 11 is 7.95. The van der Waals surface area contributed by atoms with Gasteiger partial charge in [-0.25, -0.2) is 0 Å². The molecule has 11 nitrogen and oxygen atoms in total. The van der Waals surface area contributed by atoms with Crippen LogP contribution in [0.5, 0.6) is 0 Å². The van der Waals surface area contributed by atoms with Crippen LogP contribution < -0.4 is 16.0 Å². The zero-order valence-electron chi connectivity index (χ0n) is 25.2. The summed E-state index contributed by atoms with van der Waals surface area (Å²) in [5.41, 5.74) is 3.15. The maximum atomic E-state index is 13.2. The fourth-order valence-electron chi connectivity index (χ4n) is 5.45. The number of anilines is 2. The SMILES string of the molecule is Cn1cc(NC(=O)c2cc(NC(=O)c3cc(-c4cc5cccc(Cl)c5s4)cn3C)cn2C)cc1C(=O)NCCN1CCOCC1. The first kappa shape index (κ1) is 30.7. The maximum Gasteiger partial charge on any atom is 0.272 e. The molecular formula is C32H34ClN7O4S. The van der Waals surface area contributed by atoms with Gasteiger partial charge in [-0.3, -0.25) is 19.3 Å². The number of aromatic nitrogens is 3. The third-order valence-electron chi connectivity index (χ3n) is 7.83. The molecule has 3 N–H and O–H groups in total. The molecule has 0 radical (unpaired) electrons. The summed E-state index contributed by atoms with van der Waals surface area (Å²) in [6, 6.07) is 13.0. The number of ether oxygens (including phenoxy) is 1. The summed E-state index contributed by atoms with van der Waals surface area (Å²) in [6.07, 6.45) is 5.29. The Kier molecular flexibility index (Phi) is 8.81. The van der Waals surface area contributed by atoms with Gasteiger partial charge < -0.3 is 34.4 Å². The number of nitrogens with zero attached hydrogens (tertiary/aromatic N) is 4. The molecule has 0 unspecified atom stereocenters. The lowest BCUT2D eigenvalue weighted by molar-refractivity contribution is 0.0383. The van der Waals surface area contributed by atoms with Crippen LogP contribution in [-0.4, -0.2) is 75.7 Å².